The molecule has 0 spiro atoms. The summed E-state index contributed by atoms with van der Waals surface area (Å²) in [6, 6.07) is 11.4. The van der Waals surface area contributed by atoms with Crippen LogP contribution in [0.15, 0.2) is 51.7 Å². The summed E-state index contributed by atoms with van der Waals surface area (Å²) in [7, 11) is 4.78. The van der Waals surface area contributed by atoms with Crippen molar-refractivity contribution in [1.82, 2.24) is 9.55 Å². The van der Waals surface area contributed by atoms with E-state index in [0.29, 0.717) is 32.6 Å². The first kappa shape index (κ1) is 23.8. The van der Waals surface area contributed by atoms with Crippen LogP contribution in [0.3, 0.4) is 0 Å². The Labute approximate surface area is 205 Å². The second-order valence-corrected chi connectivity index (χ2v) is 9.59. The van der Waals surface area contributed by atoms with Gasteiger partial charge in [-0.05, 0) is 42.7 Å². The molecule has 4 rings (SSSR count). The summed E-state index contributed by atoms with van der Waals surface area (Å²) >= 11 is 2.65. The normalized spacial score (nSPS) is 11.0. The zero-order valence-electron chi connectivity index (χ0n) is 19.6. The molecule has 34 heavy (non-hydrogen) atoms. The molecular weight excluding hydrogens is 470 g/mol. The molecule has 4 aromatic rings. The van der Waals surface area contributed by atoms with Gasteiger partial charge in [-0.1, -0.05) is 30.0 Å². The fourth-order valence-corrected chi connectivity index (χ4v) is 5.28. The van der Waals surface area contributed by atoms with Gasteiger partial charge >= 0.3 is 0 Å². The van der Waals surface area contributed by atoms with Gasteiger partial charge in [0, 0.05) is 24.1 Å². The van der Waals surface area contributed by atoms with E-state index in [2.05, 4.69) is 36.3 Å². The number of anilines is 1. The molecule has 2 aromatic heterocycles. The number of hydrogen-bond acceptors (Lipinski definition) is 7. The molecule has 2 heterocycles. The van der Waals surface area contributed by atoms with E-state index in [4.69, 9.17) is 9.47 Å². The Hall–Kier alpha value is -3.30. The van der Waals surface area contributed by atoms with E-state index in [0.717, 1.165) is 11.1 Å². The second kappa shape index (κ2) is 9.90. The summed E-state index contributed by atoms with van der Waals surface area (Å²) in [5.41, 5.74) is 4.69. The average Bonchev–Trinajstić information content (AvgIpc) is 3.26. The molecule has 1 N–H and O–H groups in total. The van der Waals surface area contributed by atoms with E-state index in [9.17, 15) is 9.59 Å². The maximum atomic E-state index is 13.2. The zero-order valence-corrected chi connectivity index (χ0v) is 21.2. The van der Waals surface area contributed by atoms with Gasteiger partial charge in [0.1, 0.15) is 16.3 Å². The highest BCUT2D eigenvalue weighted by Crippen LogP contribution is 2.33. The van der Waals surface area contributed by atoms with Gasteiger partial charge in [0.05, 0.1) is 31.0 Å². The first-order valence-corrected chi connectivity index (χ1v) is 12.4. The van der Waals surface area contributed by atoms with Crippen molar-refractivity contribution in [1.29, 1.82) is 0 Å². The Morgan fingerprint density at radius 3 is 2.62 bits per heavy atom. The van der Waals surface area contributed by atoms with Crippen molar-refractivity contribution in [3.63, 3.8) is 0 Å². The van der Waals surface area contributed by atoms with Gasteiger partial charge < -0.3 is 14.8 Å². The molecule has 9 heteroatoms. The highest BCUT2D eigenvalue weighted by Gasteiger charge is 2.17. The van der Waals surface area contributed by atoms with Gasteiger partial charge in [-0.15, -0.1) is 11.3 Å². The van der Waals surface area contributed by atoms with Crippen LogP contribution >= 0.6 is 23.1 Å². The first-order valence-electron chi connectivity index (χ1n) is 10.5. The number of aryl methyl sites for hydroxylation is 2. The van der Waals surface area contributed by atoms with Crippen LogP contribution in [0.2, 0.25) is 0 Å². The number of carbonyl (C=O) groups excluding carboxylic acids is 1. The lowest BCUT2D eigenvalue weighted by atomic mass is 10.0. The standard InChI is InChI=1S/C25H25N3O4S2/c1-14-6-7-16(10-15(14)2)18-12-33-23-22(18)24(30)28(3)25(27-23)34-13-21(29)26-19-9-8-17(31-4)11-20(19)32-5/h6-12H,13H2,1-5H3,(H,26,29). The molecule has 0 fully saturated rings. The van der Waals surface area contributed by atoms with Crippen LogP contribution in [0.4, 0.5) is 5.69 Å². The molecule has 0 unspecified atom stereocenters. The van der Waals surface area contributed by atoms with Gasteiger partial charge in [-0.2, -0.15) is 0 Å². The largest absolute Gasteiger partial charge is 0.497 e. The summed E-state index contributed by atoms with van der Waals surface area (Å²) in [5.74, 6) is 0.996. The number of hydrogen-bond donors (Lipinski definition) is 1. The fourth-order valence-electron chi connectivity index (χ4n) is 3.52. The van der Waals surface area contributed by atoms with Crippen molar-refractivity contribution < 1.29 is 14.3 Å². The van der Waals surface area contributed by atoms with Gasteiger partial charge in [0.15, 0.2) is 5.16 Å². The minimum Gasteiger partial charge on any atom is -0.497 e. The van der Waals surface area contributed by atoms with Crippen LogP contribution in [-0.2, 0) is 11.8 Å². The number of nitrogens with zero attached hydrogens (tertiary/aromatic N) is 2. The van der Waals surface area contributed by atoms with Gasteiger partial charge in [-0.3, -0.25) is 14.2 Å². The Kier molecular flexibility index (Phi) is 6.95. The second-order valence-electron chi connectivity index (χ2n) is 7.79. The lowest BCUT2D eigenvalue weighted by Gasteiger charge is -2.12. The monoisotopic (exact) mass is 495 g/mol. The molecule has 0 radical (unpaired) electrons. The quantitative estimate of drug-likeness (QED) is 0.286. The number of thiophene rings is 1. The minimum absolute atomic E-state index is 0.0936. The van der Waals surface area contributed by atoms with Crippen molar-refractivity contribution in [3.05, 3.63) is 63.3 Å². The van der Waals surface area contributed by atoms with Crippen LogP contribution < -0.4 is 20.3 Å². The number of methoxy groups -OCH3 is 2. The third kappa shape index (κ3) is 4.67. The number of aromatic nitrogens is 2. The Morgan fingerprint density at radius 2 is 1.91 bits per heavy atom. The maximum absolute atomic E-state index is 13.2. The molecule has 2 aromatic carbocycles. The molecule has 0 bridgehead atoms. The predicted octanol–water partition coefficient (Wildman–Crippen LogP) is 5.03. The van der Waals surface area contributed by atoms with Crippen molar-refractivity contribution in [3.8, 4) is 22.6 Å². The van der Waals surface area contributed by atoms with Crippen LogP contribution in [0, 0.1) is 13.8 Å². The lowest BCUT2D eigenvalue weighted by Crippen LogP contribution is -2.21. The molecule has 176 valence electrons. The molecule has 0 aliphatic heterocycles. The number of fused-ring (bicyclic) bond motifs is 1. The summed E-state index contributed by atoms with van der Waals surface area (Å²) in [6.07, 6.45) is 0. The Morgan fingerprint density at radius 1 is 1.12 bits per heavy atom. The summed E-state index contributed by atoms with van der Waals surface area (Å²) in [6.45, 7) is 4.13. The molecule has 0 aliphatic carbocycles. The maximum Gasteiger partial charge on any atom is 0.263 e. The summed E-state index contributed by atoms with van der Waals surface area (Å²) in [4.78, 5) is 31.2. The summed E-state index contributed by atoms with van der Waals surface area (Å²) < 4.78 is 12.0. The van der Waals surface area contributed by atoms with Crippen LogP contribution in [-0.4, -0.2) is 35.4 Å². The van der Waals surface area contributed by atoms with Crippen molar-refractivity contribution in [2.45, 2.75) is 19.0 Å². The van der Waals surface area contributed by atoms with E-state index in [1.54, 1.807) is 32.4 Å². The molecule has 0 aliphatic rings. The van der Waals surface area contributed by atoms with Crippen LogP contribution in [0.25, 0.3) is 21.3 Å². The van der Waals surface area contributed by atoms with E-state index in [-0.39, 0.29) is 17.2 Å². The van der Waals surface area contributed by atoms with Crippen LogP contribution in [0.5, 0.6) is 11.5 Å². The molecule has 0 saturated carbocycles. The highest BCUT2D eigenvalue weighted by atomic mass is 32.2. The molecule has 7 nitrogen and oxygen atoms in total. The first-order chi connectivity index (χ1) is 16.3. The van der Waals surface area contributed by atoms with Gasteiger partial charge in [0.25, 0.3) is 5.56 Å². The Balaban J connectivity index is 1.55. The number of thioether (sulfide) groups is 1. The zero-order chi connectivity index (χ0) is 24.4. The van der Waals surface area contributed by atoms with Gasteiger partial charge in [0.2, 0.25) is 5.91 Å². The number of amides is 1. The lowest BCUT2D eigenvalue weighted by molar-refractivity contribution is -0.113. The predicted molar refractivity (Wildman–Crippen MR) is 139 cm³/mol. The number of rotatable bonds is 7. The molecule has 0 atom stereocenters. The third-order valence-corrected chi connectivity index (χ3v) is 7.51. The molecule has 0 saturated heterocycles. The Bertz CT molecular complexity index is 1440. The molecule has 1 amide bonds. The smallest absolute Gasteiger partial charge is 0.263 e. The minimum atomic E-state index is -0.232. The van der Waals surface area contributed by atoms with E-state index in [1.807, 2.05) is 11.4 Å². The fraction of sp³-hybridized carbons (Fsp3) is 0.240. The SMILES string of the molecule is COc1ccc(NC(=O)CSc2nc3scc(-c4ccc(C)c(C)c4)c3c(=O)n2C)c(OC)c1. The van der Waals surface area contributed by atoms with Crippen molar-refractivity contribution in [2.24, 2.45) is 7.05 Å². The van der Waals surface area contributed by atoms with Crippen LogP contribution in [0.1, 0.15) is 11.1 Å². The van der Waals surface area contributed by atoms with E-state index in [1.165, 1.54) is 45.9 Å². The highest BCUT2D eigenvalue weighted by molar-refractivity contribution is 7.99. The van der Waals surface area contributed by atoms with E-state index < -0.39 is 0 Å². The van der Waals surface area contributed by atoms with Crippen molar-refractivity contribution in [2.75, 3.05) is 25.3 Å². The average molecular weight is 496 g/mol. The number of carbonyl (C=O) groups is 1. The van der Waals surface area contributed by atoms with Crippen molar-refractivity contribution >= 4 is 44.9 Å². The number of benzene rings is 2. The number of nitrogens with one attached hydrogen (secondary N) is 1. The number of ether oxygens (including phenoxy) is 2. The third-order valence-electron chi connectivity index (χ3n) is 5.61. The summed E-state index contributed by atoms with van der Waals surface area (Å²) in [5, 5.41) is 5.90. The molecular formula is C25H25N3O4S2. The van der Waals surface area contributed by atoms with Gasteiger partial charge in [-0.25, -0.2) is 4.98 Å². The van der Waals surface area contributed by atoms with E-state index >= 15 is 0 Å². The topological polar surface area (TPSA) is 82.5 Å².